The number of hydrogen-bond donors (Lipinski definition) is 1. The molecule has 0 N–H and O–H groups in total. The van der Waals surface area contributed by atoms with Gasteiger partial charge in [0.05, 0.1) is 0 Å². The predicted molar refractivity (Wildman–Crippen MR) is 88.1 cm³/mol. The second-order valence-electron chi connectivity index (χ2n) is 6.98. The van der Waals surface area contributed by atoms with Gasteiger partial charge in [-0.3, -0.25) is 4.90 Å². The Morgan fingerprint density at radius 3 is 2.42 bits per heavy atom. The highest BCUT2D eigenvalue weighted by Gasteiger charge is 2.34. The summed E-state index contributed by atoms with van der Waals surface area (Å²) in [7, 11) is 0. The molecule has 1 saturated carbocycles. The SMILES string of the molecule is CCCC1CCCCN1CC1(CS)CCCCCC1. The molecule has 2 fully saturated rings. The molecule has 112 valence electrons. The van der Waals surface area contributed by atoms with E-state index in [-0.39, 0.29) is 0 Å². The molecule has 0 aromatic rings. The molecule has 1 aliphatic heterocycles. The molecule has 19 heavy (non-hydrogen) atoms. The lowest BCUT2D eigenvalue weighted by atomic mass is 9.80. The van der Waals surface area contributed by atoms with Crippen LogP contribution in [0.15, 0.2) is 0 Å². The molecule has 0 bridgehead atoms. The van der Waals surface area contributed by atoms with Gasteiger partial charge in [-0.2, -0.15) is 12.6 Å². The van der Waals surface area contributed by atoms with Crippen molar-refractivity contribution >= 4 is 12.6 Å². The van der Waals surface area contributed by atoms with Crippen LogP contribution in [0.4, 0.5) is 0 Å². The minimum Gasteiger partial charge on any atom is -0.300 e. The zero-order valence-corrected chi connectivity index (χ0v) is 13.8. The van der Waals surface area contributed by atoms with Crippen molar-refractivity contribution in [1.82, 2.24) is 4.90 Å². The van der Waals surface area contributed by atoms with Crippen LogP contribution in [-0.2, 0) is 0 Å². The summed E-state index contributed by atoms with van der Waals surface area (Å²) < 4.78 is 0. The van der Waals surface area contributed by atoms with Crippen molar-refractivity contribution in [2.24, 2.45) is 5.41 Å². The Hall–Kier alpha value is 0.310. The van der Waals surface area contributed by atoms with Crippen LogP contribution in [0.25, 0.3) is 0 Å². The molecule has 0 spiro atoms. The molecule has 1 atom stereocenters. The van der Waals surface area contributed by atoms with Crippen LogP contribution in [0.3, 0.4) is 0 Å². The molecule has 1 unspecified atom stereocenters. The number of rotatable bonds is 5. The predicted octanol–water partition coefficient (Wildman–Crippen LogP) is 4.91. The first-order valence-electron chi connectivity index (χ1n) is 8.64. The van der Waals surface area contributed by atoms with E-state index in [4.69, 9.17) is 12.6 Å². The summed E-state index contributed by atoms with van der Waals surface area (Å²) in [5.74, 6) is 1.10. The first-order valence-corrected chi connectivity index (χ1v) is 9.28. The molecular weight excluding hydrogens is 250 g/mol. The first kappa shape index (κ1) is 15.7. The Balaban J connectivity index is 1.98. The van der Waals surface area contributed by atoms with Gasteiger partial charge in [-0.15, -0.1) is 0 Å². The van der Waals surface area contributed by atoms with Crippen molar-refractivity contribution in [2.75, 3.05) is 18.8 Å². The average molecular weight is 284 g/mol. The second kappa shape index (κ2) is 7.93. The lowest BCUT2D eigenvalue weighted by molar-refractivity contribution is 0.0771. The molecule has 1 saturated heterocycles. The summed E-state index contributed by atoms with van der Waals surface area (Å²) in [6.07, 6.45) is 15.7. The minimum atomic E-state index is 0.531. The summed E-state index contributed by atoms with van der Waals surface area (Å²) in [4.78, 5) is 2.84. The van der Waals surface area contributed by atoms with Crippen molar-refractivity contribution in [2.45, 2.75) is 83.6 Å². The number of nitrogens with zero attached hydrogens (tertiary/aromatic N) is 1. The molecule has 1 aliphatic carbocycles. The van der Waals surface area contributed by atoms with Crippen molar-refractivity contribution in [3.8, 4) is 0 Å². The van der Waals surface area contributed by atoms with E-state index in [1.807, 2.05) is 0 Å². The second-order valence-corrected chi connectivity index (χ2v) is 7.30. The third-order valence-corrected chi connectivity index (χ3v) is 6.08. The van der Waals surface area contributed by atoms with Gasteiger partial charge >= 0.3 is 0 Å². The monoisotopic (exact) mass is 283 g/mol. The summed E-state index contributed by atoms with van der Waals surface area (Å²) in [5.41, 5.74) is 0.531. The Bertz CT molecular complexity index is 244. The van der Waals surface area contributed by atoms with Gasteiger partial charge in [0.25, 0.3) is 0 Å². The van der Waals surface area contributed by atoms with Gasteiger partial charge in [0, 0.05) is 12.6 Å². The maximum Gasteiger partial charge on any atom is 0.00954 e. The summed E-state index contributed by atoms with van der Waals surface area (Å²) in [6.45, 7) is 5.02. The zero-order valence-electron chi connectivity index (χ0n) is 12.9. The minimum absolute atomic E-state index is 0.531. The molecule has 0 amide bonds. The number of likely N-dealkylation sites (tertiary alicyclic amines) is 1. The standard InChI is InChI=1S/C17H33NS/c1-2-9-16-10-5-8-13-18(16)14-17(15-19)11-6-3-4-7-12-17/h16,19H,2-15H2,1H3. The third kappa shape index (κ3) is 4.39. The fourth-order valence-electron chi connectivity index (χ4n) is 4.20. The quantitative estimate of drug-likeness (QED) is 0.554. The summed E-state index contributed by atoms with van der Waals surface area (Å²) in [6, 6.07) is 0.874. The highest BCUT2D eigenvalue weighted by molar-refractivity contribution is 7.80. The Morgan fingerprint density at radius 2 is 1.79 bits per heavy atom. The third-order valence-electron chi connectivity index (χ3n) is 5.41. The van der Waals surface area contributed by atoms with E-state index in [1.165, 1.54) is 83.7 Å². The molecular formula is C17H33NS. The summed E-state index contributed by atoms with van der Waals surface area (Å²) >= 11 is 4.75. The van der Waals surface area contributed by atoms with E-state index in [0.29, 0.717) is 5.41 Å². The molecule has 0 aromatic carbocycles. The molecule has 2 rings (SSSR count). The fraction of sp³-hybridized carbons (Fsp3) is 1.00. The maximum absolute atomic E-state index is 4.75. The van der Waals surface area contributed by atoms with E-state index >= 15 is 0 Å². The van der Waals surface area contributed by atoms with Gasteiger partial charge in [-0.05, 0) is 49.8 Å². The zero-order chi connectivity index (χ0) is 13.6. The first-order chi connectivity index (χ1) is 9.29. The highest BCUT2D eigenvalue weighted by atomic mass is 32.1. The highest BCUT2D eigenvalue weighted by Crippen LogP contribution is 2.38. The fourth-order valence-corrected chi connectivity index (χ4v) is 4.62. The van der Waals surface area contributed by atoms with Gasteiger partial charge in [0.2, 0.25) is 0 Å². The molecule has 0 aromatic heterocycles. The van der Waals surface area contributed by atoms with Crippen LogP contribution in [-0.4, -0.2) is 29.8 Å². The van der Waals surface area contributed by atoms with E-state index in [1.54, 1.807) is 0 Å². The maximum atomic E-state index is 4.75. The lowest BCUT2D eigenvalue weighted by Gasteiger charge is -2.43. The van der Waals surface area contributed by atoms with Gasteiger partial charge in [-0.1, -0.05) is 45.4 Å². The van der Waals surface area contributed by atoms with E-state index < -0.39 is 0 Å². The molecule has 1 nitrogen and oxygen atoms in total. The molecule has 0 radical (unpaired) electrons. The van der Waals surface area contributed by atoms with Crippen LogP contribution in [0.1, 0.15) is 77.6 Å². The number of thiol groups is 1. The molecule has 2 aliphatic rings. The number of hydrogen-bond acceptors (Lipinski definition) is 2. The summed E-state index contributed by atoms with van der Waals surface area (Å²) in [5, 5.41) is 0. The lowest BCUT2D eigenvalue weighted by Crippen LogP contribution is -2.46. The normalized spacial score (nSPS) is 29.1. The van der Waals surface area contributed by atoms with Crippen molar-refractivity contribution in [1.29, 1.82) is 0 Å². The van der Waals surface area contributed by atoms with Crippen LogP contribution in [0.5, 0.6) is 0 Å². The Morgan fingerprint density at radius 1 is 1.05 bits per heavy atom. The Kier molecular flexibility index (Phi) is 6.55. The van der Waals surface area contributed by atoms with Crippen LogP contribution in [0.2, 0.25) is 0 Å². The van der Waals surface area contributed by atoms with Crippen LogP contribution >= 0.6 is 12.6 Å². The number of piperidine rings is 1. The van der Waals surface area contributed by atoms with Crippen molar-refractivity contribution in [3.05, 3.63) is 0 Å². The largest absolute Gasteiger partial charge is 0.300 e. The van der Waals surface area contributed by atoms with Crippen LogP contribution < -0.4 is 0 Å². The van der Waals surface area contributed by atoms with Gasteiger partial charge in [-0.25, -0.2) is 0 Å². The smallest absolute Gasteiger partial charge is 0.00954 e. The van der Waals surface area contributed by atoms with Gasteiger partial charge in [0.15, 0.2) is 0 Å². The molecule has 2 heteroatoms. The van der Waals surface area contributed by atoms with Crippen molar-refractivity contribution in [3.63, 3.8) is 0 Å². The Labute approximate surface area is 125 Å². The van der Waals surface area contributed by atoms with Gasteiger partial charge < -0.3 is 0 Å². The van der Waals surface area contributed by atoms with Crippen molar-refractivity contribution < 1.29 is 0 Å². The topological polar surface area (TPSA) is 3.24 Å². The van der Waals surface area contributed by atoms with E-state index in [2.05, 4.69) is 11.8 Å². The average Bonchev–Trinajstić information content (AvgIpc) is 2.68. The molecule has 1 heterocycles. The van der Waals surface area contributed by atoms with Crippen LogP contribution in [0, 0.1) is 5.41 Å². The van der Waals surface area contributed by atoms with Gasteiger partial charge in [0.1, 0.15) is 0 Å². The van der Waals surface area contributed by atoms with E-state index in [0.717, 1.165) is 11.8 Å². The van der Waals surface area contributed by atoms with E-state index in [9.17, 15) is 0 Å².